The van der Waals surface area contributed by atoms with Gasteiger partial charge < -0.3 is 0 Å². The first-order valence-corrected chi connectivity index (χ1v) is 9.46. The number of nitrogens with zero attached hydrogens (tertiary/aromatic N) is 1. The second-order valence-electron chi connectivity index (χ2n) is 5.83. The first kappa shape index (κ1) is 16.5. The van der Waals surface area contributed by atoms with E-state index in [0.717, 1.165) is 17.4 Å². The van der Waals surface area contributed by atoms with Crippen LogP contribution in [-0.4, -0.2) is 13.4 Å². The van der Waals surface area contributed by atoms with Gasteiger partial charge in [0.1, 0.15) is 4.90 Å². The van der Waals surface area contributed by atoms with E-state index in [4.69, 9.17) is 0 Å². The van der Waals surface area contributed by atoms with Crippen molar-refractivity contribution in [3.63, 3.8) is 0 Å². The standard InChI is InChI=1S/C19H20N2O2S/c1-3-14(2)16-10-4-5-11-17(16)21-24(22,23)18-12-6-8-15-9-7-13-20-19(15)18/h4-14,21H,3H2,1-2H3/t14-/m0/s1. The van der Waals surface area contributed by atoms with Crippen molar-refractivity contribution in [2.75, 3.05) is 4.72 Å². The van der Waals surface area contributed by atoms with Gasteiger partial charge in [0.15, 0.2) is 0 Å². The summed E-state index contributed by atoms with van der Waals surface area (Å²) in [5.74, 6) is 0.273. The van der Waals surface area contributed by atoms with E-state index in [-0.39, 0.29) is 10.8 Å². The van der Waals surface area contributed by atoms with Gasteiger partial charge in [-0.1, -0.05) is 50.2 Å². The van der Waals surface area contributed by atoms with Crippen LogP contribution in [0.2, 0.25) is 0 Å². The van der Waals surface area contributed by atoms with Gasteiger partial charge in [0.25, 0.3) is 10.0 Å². The van der Waals surface area contributed by atoms with Gasteiger partial charge in [0.05, 0.1) is 11.2 Å². The van der Waals surface area contributed by atoms with E-state index < -0.39 is 10.0 Å². The number of sulfonamides is 1. The van der Waals surface area contributed by atoms with Crippen molar-refractivity contribution in [2.45, 2.75) is 31.1 Å². The zero-order valence-electron chi connectivity index (χ0n) is 13.7. The molecular formula is C19H20N2O2S. The first-order valence-electron chi connectivity index (χ1n) is 7.98. The molecule has 0 aliphatic carbocycles. The Labute approximate surface area is 142 Å². The normalized spacial score (nSPS) is 12.9. The minimum absolute atomic E-state index is 0.194. The zero-order chi connectivity index (χ0) is 17.2. The van der Waals surface area contributed by atoms with Crippen LogP contribution in [0.4, 0.5) is 5.69 Å². The highest BCUT2D eigenvalue weighted by Crippen LogP contribution is 2.29. The lowest BCUT2D eigenvalue weighted by Crippen LogP contribution is -2.15. The molecule has 0 fully saturated rings. The van der Waals surface area contributed by atoms with Crippen LogP contribution in [0.1, 0.15) is 31.7 Å². The maximum atomic E-state index is 12.9. The molecule has 4 nitrogen and oxygen atoms in total. The Balaban J connectivity index is 2.07. The third-order valence-electron chi connectivity index (χ3n) is 4.23. The molecule has 0 bridgehead atoms. The van der Waals surface area contributed by atoms with Gasteiger partial charge in [-0.3, -0.25) is 9.71 Å². The predicted molar refractivity (Wildman–Crippen MR) is 97.7 cm³/mol. The van der Waals surface area contributed by atoms with Gasteiger partial charge in [0.2, 0.25) is 0 Å². The maximum absolute atomic E-state index is 12.9. The lowest BCUT2D eigenvalue weighted by molar-refractivity contribution is 0.601. The Bertz CT molecular complexity index is 963. The Morgan fingerprint density at radius 2 is 1.79 bits per heavy atom. The number of fused-ring (bicyclic) bond motifs is 1. The third-order valence-corrected chi connectivity index (χ3v) is 5.63. The average molecular weight is 340 g/mol. The number of anilines is 1. The lowest BCUT2D eigenvalue weighted by Gasteiger charge is -2.17. The molecule has 0 saturated heterocycles. The van der Waals surface area contributed by atoms with Gasteiger partial charge in [-0.15, -0.1) is 0 Å². The molecule has 0 unspecified atom stereocenters. The Morgan fingerprint density at radius 3 is 2.58 bits per heavy atom. The zero-order valence-corrected chi connectivity index (χ0v) is 14.5. The van der Waals surface area contributed by atoms with Crippen molar-refractivity contribution < 1.29 is 8.42 Å². The first-order chi connectivity index (χ1) is 11.5. The van der Waals surface area contributed by atoms with Gasteiger partial charge in [-0.2, -0.15) is 0 Å². The third kappa shape index (κ3) is 3.12. The minimum Gasteiger partial charge on any atom is -0.279 e. The van der Waals surface area contributed by atoms with E-state index in [1.54, 1.807) is 30.5 Å². The van der Waals surface area contributed by atoms with Crippen LogP contribution >= 0.6 is 0 Å². The van der Waals surface area contributed by atoms with Crippen LogP contribution in [0.15, 0.2) is 65.7 Å². The maximum Gasteiger partial charge on any atom is 0.264 e. The van der Waals surface area contributed by atoms with Gasteiger partial charge >= 0.3 is 0 Å². The van der Waals surface area contributed by atoms with Gasteiger partial charge in [0, 0.05) is 11.6 Å². The largest absolute Gasteiger partial charge is 0.279 e. The molecule has 2 aromatic carbocycles. The summed E-state index contributed by atoms with van der Waals surface area (Å²) < 4.78 is 28.6. The number of rotatable bonds is 5. The molecule has 0 aliphatic rings. The van der Waals surface area contributed by atoms with Gasteiger partial charge in [-0.25, -0.2) is 8.42 Å². The molecule has 0 amide bonds. The van der Waals surface area contributed by atoms with E-state index in [9.17, 15) is 8.42 Å². The number of aromatic nitrogens is 1. The van der Waals surface area contributed by atoms with Crippen molar-refractivity contribution in [3.8, 4) is 0 Å². The molecule has 5 heteroatoms. The highest BCUT2D eigenvalue weighted by molar-refractivity contribution is 7.93. The van der Waals surface area contributed by atoms with Gasteiger partial charge in [-0.05, 0) is 36.1 Å². The molecular weight excluding hydrogens is 320 g/mol. The van der Waals surface area contributed by atoms with Crippen LogP contribution in [-0.2, 0) is 10.0 Å². The highest BCUT2D eigenvalue weighted by Gasteiger charge is 2.20. The number of pyridine rings is 1. The van der Waals surface area contributed by atoms with Crippen molar-refractivity contribution >= 4 is 26.6 Å². The van der Waals surface area contributed by atoms with Crippen molar-refractivity contribution in [1.82, 2.24) is 4.98 Å². The summed E-state index contributed by atoms with van der Waals surface area (Å²) in [5.41, 5.74) is 2.10. The minimum atomic E-state index is -3.72. The monoisotopic (exact) mass is 340 g/mol. The van der Waals surface area contributed by atoms with E-state index >= 15 is 0 Å². The molecule has 1 heterocycles. The average Bonchev–Trinajstić information content (AvgIpc) is 2.60. The van der Waals surface area contributed by atoms with Crippen LogP contribution in [0.25, 0.3) is 10.9 Å². The molecule has 0 aliphatic heterocycles. The summed E-state index contributed by atoms with van der Waals surface area (Å²) in [4.78, 5) is 4.44. The smallest absolute Gasteiger partial charge is 0.264 e. The van der Waals surface area contributed by atoms with Crippen LogP contribution in [0.5, 0.6) is 0 Å². The fourth-order valence-corrected chi connectivity index (χ4v) is 4.00. The Hall–Kier alpha value is -2.40. The number of benzene rings is 2. The van der Waals surface area contributed by atoms with Crippen molar-refractivity contribution in [2.24, 2.45) is 0 Å². The second-order valence-corrected chi connectivity index (χ2v) is 7.48. The van der Waals surface area contributed by atoms with Crippen LogP contribution < -0.4 is 4.72 Å². The molecule has 0 radical (unpaired) electrons. The van der Waals surface area contributed by atoms with E-state index in [1.165, 1.54) is 0 Å². The molecule has 24 heavy (non-hydrogen) atoms. The van der Waals surface area contributed by atoms with Crippen molar-refractivity contribution in [1.29, 1.82) is 0 Å². The molecule has 124 valence electrons. The second kappa shape index (κ2) is 6.61. The molecule has 3 rings (SSSR count). The summed E-state index contributed by atoms with van der Waals surface area (Å²) in [6.45, 7) is 4.18. The number of hydrogen-bond acceptors (Lipinski definition) is 3. The van der Waals surface area contributed by atoms with Crippen molar-refractivity contribution in [3.05, 3.63) is 66.4 Å². The molecule has 0 saturated carbocycles. The quantitative estimate of drug-likeness (QED) is 0.741. The highest BCUT2D eigenvalue weighted by atomic mass is 32.2. The molecule has 3 aromatic rings. The summed E-state index contributed by atoms with van der Waals surface area (Å²) in [5, 5.41) is 0.801. The number of para-hydroxylation sites is 2. The Morgan fingerprint density at radius 1 is 1.04 bits per heavy atom. The number of nitrogens with one attached hydrogen (secondary N) is 1. The predicted octanol–water partition coefficient (Wildman–Crippen LogP) is 4.55. The van der Waals surface area contributed by atoms with E-state index in [2.05, 4.69) is 23.6 Å². The van der Waals surface area contributed by atoms with Crippen LogP contribution in [0, 0.1) is 0 Å². The fraction of sp³-hybridized carbons (Fsp3) is 0.211. The SMILES string of the molecule is CC[C@H](C)c1ccccc1NS(=O)(=O)c1cccc2cccnc12. The molecule has 1 N–H and O–H groups in total. The summed E-state index contributed by atoms with van der Waals surface area (Å²) in [6, 6.07) is 16.4. The molecule has 1 aromatic heterocycles. The summed E-state index contributed by atoms with van der Waals surface area (Å²) >= 11 is 0. The van der Waals surface area contributed by atoms with E-state index in [1.807, 2.05) is 30.3 Å². The van der Waals surface area contributed by atoms with E-state index in [0.29, 0.717) is 11.2 Å². The molecule has 1 atom stereocenters. The topological polar surface area (TPSA) is 59.1 Å². The molecule has 0 spiro atoms. The number of hydrogen-bond donors (Lipinski definition) is 1. The Kier molecular flexibility index (Phi) is 4.53. The van der Waals surface area contributed by atoms with Crippen LogP contribution in [0.3, 0.4) is 0 Å². The fourth-order valence-electron chi connectivity index (χ4n) is 2.73. The summed E-state index contributed by atoms with van der Waals surface area (Å²) in [6.07, 6.45) is 2.54. The summed E-state index contributed by atoms with van der Waals surface area (Å²) in [7, 11) is -3.72. The lowest BCUT2D eigenvalue weighted by atomic mass is 9.97.